The highest BCUT2D eigenvalue weighted by Gasteiger charge is 1.89. The topological polar surface area (TPSA) is 34.1 Å². The SMILES string of the molecule is CCCCCCCCC=CC=O.CCCCCCCCCC=O. The molecule has 0 rings (SSSR count). The number of aldehydes is 2. The van der Waals surface area contributed by atoms with E-state index in [1.165, 1.54) is 77.0 Å². The molecule has 2 nitrogen and oxygen atoms in total. The minimum Gasteiger partial charge on any atom is -0.303 e. The van der Waals surface area contributed by atoms with Crippen molar-refractivity contribution in [2.75, 3.05) is 0 Å². The van der Waals surface area contributed by atoms with E-state index in [4.69, 9.17) is 0 Å². The summed E-state index contributed by atoms with van der Waals surface area (Å²) in [4.78, 5) is 19.8. The Bertz CT molecular complexity index is 246. The molecule has 0 N–H and O–H groups in total. The lowest BCUT2D eigenvalue weighted by molar-refractivity contribution is -0.108. The van der Waals surface area contributed by atoms with E-state index in [0.717, 1.165) is 31.8 Å². The summed E-state index contributed by atoms with van der Waals surface area (Å²) in [5, 5.41) is 0. The molecular formula is C21H40O2. The Morgan fingerprint density at radius 2 is 1.00 bits per heavy atom. The maximum absolute atomic E-state index is 9.94. The maximum atomic E-state index is 9.94. The van der Waals surface area contributed by atoms with Crippen LogP contribution in [-0.2, 0) is 9.59 Å². The average Bonchev–Trinajstić information content (AvgIpc) is 2.57. The average molecular weight is 325 g/mol. The fourth-order valence-electron chi connectivity index (χ4n) is 2.38. The standard InChI is InChI=1S/C11H20O.C10H20O/c1-2-3-4-5-6-7-8-9-10-11-12;1-2-3-4-5-6-7-8-9-10-11/h9-11H,2-8H2,1H3;10H,2-9H2,1H3. The molecule has 0 aromatic carbocycles. The first kappa shape index (κ1) is 24.3. The fourth-order valence-corrected chi connectivity index (χ4v) is 2.38. The van der Waals surface area contributed by atoms with Crippen LogP contribution in [0.2, 0.25) is 0 Å². The van der Waals surface area contributed by atoms with Gasteiger partial charge in [0.2, 0.25) is 0 Å². The van der Waals surface area contributed by atoms with Crippen molar-refractivity contribution >= 4 is 12.6 Å². The minimum atomic E-state index is 0.758. The van der Waals surface area contributed by atoms with Crippen molar-refractivity contribution in [3.05, 3.63) is 12.2 Å². The van der Waals surface area contributed by atoms with Gasteiger partial charge >= 0.3 is 0 Å². The number of allylic oxidation sites excluding steroid dienone is 2. The zero-order valence-electron chi connectivity index (χ0n) is 15.7. The summed E-state index contributed by atoms with van der Waals surface area (Å²) in [5.74, 6) is 0. The van der Waals surface area contributed by atoms with E-state index in [0.29, 0.717) is 0 Å². The molecule has 136 valence electrons. The summed E-state index contributed by atoms with van der Waals surface area (Å²) in [6.07, 6.45) is 24.2. The second-order valence-corrected chi connectivity index (χ2v) is 6.20. The Balaban J connectivity index is 0. The van der Waals surface area contributed by atoms with Gasteiger partial charge in [0.25, 0.3) is 0 Å². The molecule has 2 heteroatoms. The lowest BCUT2D eigenvalue weighted by Crippen LogP contribution is -1.80. The van der Waals surface area contributed by atoms with Crippen LogP contribution in [0, 0.1) is 0 Å². The molecule has 0 saturated heterocycles. The molecule has 0 aromatic heterocycles. The number of unbranched alkanes of at least 4 members (excludes halogenated alkanes) is 13. The van der Waals surface area contributed by atoms with Crippen molar-refractivity contribution in [1.82, 2.24) is 0 Å². The summed E-state index contributed by atoms with van der Waals surface area (Å²) < 4.78 is 0. The molecule has 0 radical (unpaired) electrons. The molecule has 0 bridgehead atoms. The minimum absolute atomic E-state index is 0.758. The van der Waals surface area contributed by atoms with Gasteiger partial charge in [0, 0.05) is 6.42 Å². The molecule has 23 heavy (non-hydrogen) atoms. The second kappa shape index (κ2) is 26.0. The van der Waals surface area contributed by atoms with Crippen LogP contribution >= 0.6 is 0 Å². The molecule has 0 atom stereocenters. The molecule has 0 heterocycles. The van der Waals surface area contributed by atoms with E-state index in [1.807, 2.05) is 6.08 Å². The van der Waals surface area contributed by atoms with Crippen molar-refractivity contribution in [3.63, 3.8) is 0 Å². The number of rotatable bonds is 16. The van der Waals surface area contributed by atoms with Crippen LogP contribution in [0.25, 0.3) is 0 Å². The zero-order chi connectivity index (χ0) is 17.4. The van der Waals surface area contributed by atoms with Crippen molar-refractivity contribution in [1.29, 1.82) is 0 Å². The summed E-state index contributed by atoms with van der Waals surface area (Å²) in [6.45, 7) is 4.46. The van der Waals surface area contributed by atoms with E-state index >= 15 is 0 Å². The first-order chi connectivity index (χ1) is 11.3. The van der Waals surface area contributed by atoms with Crippen LogP contribution in [0.15, 0.2) is 12.2 Å². The highest BCUT2D eigenvalue weighted by molar-refractivity contribution is 5.64. The smallest absolute Gasteiger partial charge is 0.142 e. The van der Waals surface area contributed by atoms with E-state index in [2.05, 4.69) is 13.8 Å². The monoisotopic (exact) mass is 324 g/mol. The lowest BCUT2D eigenvalue weighted by atomic mass is 10.1. The van der Waals surface area contributed by atoms with E-state index in [-0.39, 0.29) is 0 Å². The van der Waals surface area contributed by atoms with E-state index in [1.54, 1.807) is 6.08 Å². The van der Waals surface area contributed by atoms with Crippen molar-refractivity contribution in [2.24, 2.45) is 0 Å². The Morgan fingerprint density at radius 3 is 1.43 bits per heavy atom. The third-order valence-electron chi connectivity index (χ3n) is 3.86. The molecule has 0 spiro atoms. The normalized spacial score (nSPS) is 10.3. The van der Waals surface area contributed by atoms with Crippen molar-refractivity contribution in [2.45, 2.75) is 110 Å². The van der Waals surface area contributed by atoms with Crippen LogP contribution in [0.3, 0.4) is 0 Å². The van der Waals surface area contributed by atoms with Crippen LogP contribution in [0.5, 0.6) is 0 Å². The summed E-state index contributed by atoms with van der Waals surface area (Å²) >= 11 is 0. The van der Waals surface area contributed by atoms with Gasteiger partial charge in [-0.1, -0.05) is 90.6 Å². The second-order valence-electron chi connectivity index (χ2n) is 6.20. The molecule has 0 aliphatic heterocycles. The first-order valence-corrected chi connectivity index (χ1v) is 9.87. The van der Waals surface area contributed by atoms with Gasteiger partial charge in [0.1, 0.15) is 12.6 Å². The predicted octanol–water partition coefficient (Wildman–Crippen LogP) is 6.82. The molecule has 0 aromatic rings. The summed E-state index contributed by atoms with van der Waals surface area (Å²) in [5.41, 5.74) is 0. The first-order valence-electron chi connectivity index (χ1n) is 9.87. The highest BCUT2D eigenvalue weighted by atomic mass is 16.1. The third-order valence-corrected chi connectivity index (χ3v) is 3.86. The molecule has 0 saturated carbocycles. The van der Waals surface area contributed by atoms with Gasteiger partial charge in [-0.15, -0.1) is 0 Å². The molecule has 0 aliphatic carbocycles. The van der Waals surface area contributed by atoms with Crippen molar-refractivity contribution in [3.8, 4) is 0 Å². The van der Waals surface area contributed by atoms with E-state index in [9.17, 15) is 9.59 Å². The zero-order valence-corrected chi connectivity index (χ0v) is 15.7. The quantitative estimate of drug-likeness (QED) is 0.177. The summed E-state index contributed by atoms with van der Waals surface area (Å²) in [7, 11) is 0. The molecule has 0 fully saturated rings. The molecular weight excluding hydrogens is 284 g/mol. The Kier molecular flexibility index (Phi) is 27.5. The lowest BCUT2D eigenvalue weighted by Gasteiger charge is -1.97. The van der Waals surface area contributed by atoms with Gasteiger partial charge in [0.15, 0.2) is 0 Å². The number of hydrogen-bond acceptors (Lipinski definition) is 2. The Morgan fingerprint density at radius 1 is 0.565 bits per heavy atom. The van der Waals surface area contributed by atoms with Gasteiger partial charge < -0.3 is 4.79 Å². The van der Waals surface area contributed by atoms with Crippen LogP contribution in [0.4, 0.5) is 0 Å². The Hall–Kier alpha value is -0.920. The third kappa shape index (κ3) is 29.7. The van der Waals surface area contributed by atoms with Crippen LogP contribution < -0.4 is 0 Å². The number of carbonyl (C=O) groups excluding carboxylic acids is 2. The summed E-state index contributed by atoms with van der Waals surface area (Å²) in [6, 6.07) is 0. The highest BCUT2D eigenvalue weighted by Crippen LogP contribution is 2.07. The predicted molar refractivity (Wildman–Crippen MR) is 102 cm³/mol. The van der Waals surface area contributed by atoms with Crippen LogP contribution in [-0.4, -0.2) is 12.6 Å². The van der Waals surface area contributed by atoms with Crippen LogP contribution in [0.1, 0.15) is 110 Å². The van der Waals surface area contributed by atoms with Gasteiger partial charge in [-0.05, 0) is 25.3 Å². The van der Waals surface area contributed by atoms with E-state index < -0.39 is 0 Å². The fraction of sp³-hybridized carbons (Fsp3) is 0.810. The van der Waals surface area contributed by atoms with Gasteiger partial charge in [-0.2, -0.15) is 0 Å². The van der Waals surface area contributed by atoms with Gasteiger partial charge in [0.05, 0.1) is 0 Å². The van der Waals surface area contributed by atoms with Gasteiger partial charge in [-0.25, -0.2) is 0 Å². The molecule has 0 unspecified atom stereocenters. The largest absolute Gasteiger partial charge is 0.303 e. The molecule has 0 aliphatic rings. The number of carbonyl (C=O) groups is 2. The Labute approximate surface area is 145 Å². The maximum Gasteiger partial charge on any atom is 0.142 e. The van der Waals surface area contributed by atoms with Crippen molar-refractivity contribution < 1.29 is 9.59 Å². The number of hydrogen-bond donors (Lipinski definition) is 0. The van der Waals surface area contributed by atoms with Gasteiger partial charge in [-0.3, -0.25) is 4.79 Å². The molecule has 0 amide bonds.